The molecule has 0 unspecified atom stereocenters. The van der Waals surface area contributed by atoms with Crippen LogP contribution in [0, 0.1) is 13.8 Å². The van der Waals surface area contributed by atoms with Crippen LogP contribution in [-0.2, 0) is 30.6 Å². The number of carbonyl (C=O) groups excluding carboxylic acids is 2. The van der Waals surface area contributed by atoms with E-state index in [2.05, 4.69) is 47.8 Å². The SMILES string of the molecule is CCc1cc(C(F)(C(F)(F)F)C(F)(F)F)cc(C)c1CC(=O)c1ccc2cc(Br)ccc2c1.CCc1cc(C(F)(C(F)(F)F)C(F)(F)F)cc(C)c1N.O=C(Cl)c1ccc2cc(Br)ccc2c1.O=C(O)c1ccc2cc(Br)ccc2c1. The van der Waals surface area contributed by atoms with Crippen LogP contribution in [-0.4, -0.2) is 46.8 Å². The van der Waals surface area contributed by atoms with Crippen LogP contribution >= 0.6 is 59.4 Å². The van der Waals surface area contributed by atoms with Gasteiger partial charge in [-0.25, -0.2) is 13.6 Å². The molecule has 8 aromatic carbocycles. The number of aryl methyl sites for hydroxylation is 4. The van der Waals surface area contributed by atoms with Crippen molar-refractivity contribution in [3.63, 3.8) is 0 Å². The lowest BCUT2D eigenvalue weighted by atomic mass is 9.86. The Hall–Kier alpha value is -6.10. The van der Waals surface area contributed by atoms with Crippen LogP contribution in [0.2, 0.25) is 0 Å². The number of fused-ring (bicyclic) bond motifs is 3. The molecule has 8 rings (SSSR count). The minimum Gasteiger partial charge on any atom is -0.478 e. The zero-order valence-electron chi connectivity index (χ0n) is 42.4. The van der Waals surface area contributed by atoms with Gasteiger partial charge in [-0.15, -0.1) is 0 Å². The fourth-order valence-corrected chi connectivity index (χ4v) is 9.59. The number of benzene rings is 8. The molecule has 0 amide bonds. The monoisotopic (exact) mass is 1360 g/mol. The fraction of sp³-hybridized carbons (Fsp3) is 0.224. The van der Waals surface area contributed by atoms with Crippen molar-refractivity contribution in [1.29, 1.82) is 0 Å². The lowest BCUT2D eigenvalue weighted by Gasteiger charge is -2.31. The van der Waals surface area contributed by atoms with Gasteiger partial charge in [0.15, 0.2) is 5.78 Å². The molecular weight excluding hydrogens is 1320 g/mol. The molecule has 3 N–H and O–H groups in total. The van der Waals surface area contributed by atoms with Crippen molar-refractivity contribution in [3.05, 3.63) is 203 Å². The van der Waals surface area contributed by atoms with Crippen LogP contribution in [0.1, 0.15) is 83.9 Å². The summed E-state index contributed by atoms with van der Waals surface area (Å²) >= 11 is 15.5. The molecule has 0 fully saturated rings. The molecule has 8 aromatic rings. The van der Waals surface area contributed by atoms with Crippen molar-refractivity contribution in [2.24, 2.45) is 0 Å². The smallest absolute Gasteiger partial charge is 0.435 e. The van der Waals surface area contributed by atoms with Crippen molar-refractivity contribution >= 4 is 114 Å². The number of alkyl halides is 14. The molecule has 0 atom stereocenters. The highest BCUT2D eigenvalue weighted by Gasteiger charge is 2.74. The standard InChI is InChI=1S/C24H18BrF7O.C12H12F7N.C11H6BrClO.C11H7BrO2/c1-3-14-10-18(22(26,23(27,28)29)24(30,31)32)8-13(2)20(14)12-21(33)17-5-4-16-11-19(25)7-6-15(16)9-17;1-3-7-5-8(4-6(2)9(7)20)10(13,11(14,15)16)12(17,18)19;2*12-10-4-3-7-5-9(11(13)14)2-1-8(7)6-10/h4-11H,3,12H2,1-2H3;4-5H,3,20H2,1-2H3;1-6H;1-6H,(H,13,14). The fourth-order valence-electron chi connectivity index (χ4n) is 8.34. The number of aromatic carboxylic acids is 1. The van der Waals surface area contributed by atoms with Gasteiger partial charge in [0, 0.05) is 47.8 Å². The summed E-state index contributed by atoms with van der Waals surface area (Å²) in [5.41, 5.74) is -6.84. The summed E-state index contributed by atoms with van der Waals surface area (Å²) in [6.07, 6.45) is -24.7. The van der Waals surface area contributed by atoms with Crippen molar-refractivity contribution in [3.8, 4) is 0 Å². The minimum absolute atomic E-state index is 0.0158. The summed E-state index contributed by atoms with van der Waals surface area (Å²) in [4.78, 5) is 34.5. The second-order valence-corrected chi connectivity index (χ2v) is 21.2. The van der Waals surface area contributed by atoms with Gasteiger partial charge in [0.25, 0.3) is 5.24 Å². The summed E-state index contributed by atoms with van der Waals surface area (Å²) in [6, 6.07) is 34.7. The van der Waals surface area contributed by atoms with E-state index in [0.717, 1.165) is 45.7 Å². The number of ketones is 1. The van der Waals surface area contributed by atoms with Gasteiger partial charge in [0.2, 0.25) is 0 Å². The molecule has 0 bridgehead atoms. The number of carbonyl (C=O) groups is 3. The van der Waals surface area contributed by atoms with Gasteiger partial charge in [0.05, 0.1) is 5.56 Å². The van der Waals surface area contributed by atoms with E-state index in [9.17, 15) is 75.8 Å². The van der Waals surface area contributed by atoms with Gasteiger partial charge in [-0.1, -0.05) is 122 Å². The second-order valence-electron chi connectivity index (χ2n) is 18.1. The van der Waals surface area contributed by atoms with E-state index in [1.54, 1.807) is 48.5 Å². The average molecular weight is 1360 g/mol. The molecule has 430 valence electrons. The molecule has 0 saturated heterocycles. The van der Waals surface area contributed by atoms with E-state index in [4.69, 9.17) is 22.4 Å². The Bertz CT molecular complexity index is 3530. The van der Waals surface area contributed by atoms with Crippen LogP contribution in [0.3, 0.4) is 0 Å². The van der Waals surface area contributed by atoms with Crippen molar-refractivity contribution in [2.75, 3.05) is 5.73 Å². The number of nitrogens with two attached hydrogens (primary N) is 1. The Labute approximate surface area is 483 Å². The van der Waals surface area contributed by atoms with Gasteiger partial charge in [-0.3, -0.25) is 9.59 Å². The van der Waals surface area contributed by atoms with E-state index in [-0.39, 0.29) is 58.6 Å². The molecule has 81 heavy (non-hydrogen) atoms. The molecule has 0 aliphatic heterocycles. The molecule has 0 aliphatic rings. The maximum Gasteiger partial charge on any atom is 0.435 e. The number of rotatable bonds is 9. The summed E-state index contributed by atoms with van der Waals surface area (Å²) in [7, 11) is 0. The zero-order valence-corrected chi connectivity index (χ0v) is 47.9. The molecule has 0 radical (unpaired) electrons. The lowest BCUT2D eigenvalue weighted by molar-refractivity contribution is -0.349. The molecule has 0 spiro atoms. The molecule has 0 heterocycles. The van der Waals surface area contributed by atoms with Crippen LogP contribution in [0.25, 0.3) is 32.3 Å². The first-order chi connectivity index (χ1) is 37.4. The van der Waals surface area contributed by atoms with E-state index < -0.39 is 58.4 Å². The third kappa shape index (κ3) is 14.9. The second kappa shape index (κ2) is 25.6. The minimum atomic E-state index is -6.19. The number of hydrogen-bond acceptors (Lipinski definition) is 4. The molecule has 0 aliphatic carbocycles. The molecule has 23 heteroatoms. The number of nitrogen functional groups attached to an aromatic ring is 1. The van der Waals surface area contributed by atoms with E-state index >= 15 is 0 Å². The van der Waals surface area contributed by atoms with E-state index in [1.165, 1.54) is 27.7 Å². The van der Waals surface area contributed by atoms with Crippen molar-refractivity contribution in [1.82, 2.24) is 0 Å². The average Bonchev–Trinajstić information content (AvgIpc) is 3.54. The topological polar surface area (TPSA) is 97.5 Å². The highest BCUT2D eigenvalue weighted by molar-refractivity contribution is 9.11. The first-order valence-corrected chi connectivity index (χ1v) is 26.3. The Morgan fingerprint density at radius 2 is 0.778 bits per heavy atom. The highest BCUT2D eigenvalue weighted by atomic mass is 79.9. The summed E-state index contributed by atoms with van der Waals surface area (Å²) < 4.78 is 186. The largest absolute Gasteiger partial charge is 0.478 e. The van der Waals surface area contributed by atoms with Crippen molar-refractivity contribution < 1.29 is 81.0 Å². The Morgan fingerprint density at radius 3 is 1.15 bits per heavy atom. The van der Waals surface area contributed by atoms with Crippen LogP contribution in [0.5, 0.6) is 0 Å². The first-order valence-electron chi connectivity index (χ1n) is 23.6. The van der Waals surface area contributed by atoms with Crippen LogP contribution < -0.4 is 5.73 Å². The van der Waals surface area contributed by atoms with E-state index in [1.807, 2.05) is 60.7 Å². The van der Waals surface area contributed by atoms with Crippen molar-refractivity contribution in [2.45, 2.75) is 83.0 Å². The number of hydrogen-bond donors (Lipinski definition) is 2. The predicted octanol–water partition coefficient (Wildman–Crippen LogP) is 19.9. The van der Waals surface area contributed by atoms with E-state index in [0.29, 0.717) is 41.0 Å². The molecule has 5 nitrogen and oxygen atoms in total. The Morgan fingerprint density at radius 1 is 0.457 bits per heavy atom. The number of carboxylic acid groups (broad SMARTS) is 1. The van der Waals surface area contributed by atoms with Gasteiger partial charge in [-0.05, 0) is 171 Å². The molecular formula is C58H43Br3ClF14NO4. The number of halogens is 18. The third-order valence-corrected chi connectivity index (χ3v) is 14.4. The Kier molecular flexibility index (Phi) is 20.8. The number of carboxylic acids is 1. The van der Waals surface area contributed by atoms with Crippen LogP contribution in [0.15, 0.2) is 147 Å². The highest BCUT2D eigenvalue weighted by Crippen LogP contribution is 2.55. The quantitative estimate of drug-likeness (QED) is 0.0649. The maximum absolute atomic E-state index is 14.5. The summed E-state index contributed by atoms with van der Waals surface area (Å²) in [5, 5.41) is 14.1. The van der Waals surface area contributed by atoms with Gasteiger partial charge in [-0.2, -0.15) is 52.7 Å². The third-order valence-electron chi connectivity index (χ3n) is 12.7. The van der Waals surface area contributed by atoms with Gasteiger partial charge in [0.1, 0.15) is 0 Å². The van der Waals surface area contributed by atoms with Crippen LogP contribution in [0.4, 0.5) is 67.2 Å². The summed E-state index contributed by atoms with van der Waals surface area (Å²) in [6.45, 7) is 5.51. The first kappa shape index (κ1) is 65.7. The zero-order chi connectivity index (χ0) is 61.0. The number of Topliss-reactive ketones (excluding diaryl/α,β-unsaturated/α-hetero) is 1. The predicted molar refractivity (Wildman–Crippen MR) is 295 cm³/mol. The summed E-state index contributed by atoms with van der Waals surface area (Å²) in [5.74, 6) is -1.25. The van der Waals surface area contributed by atoms with Gasteiger partial charge >= 0.3 is 42.0 Å². The lowest BCUT2D eigenvalue weighted by Crippen LogP contribution is -2.50. The number of anilines is 1. The van der Waals surface area contributed by atoms with Gasteiger partial charge < -0.3 is 10.8 Å². The normalized spacial score (nSPS) is 12.2. The Balaban J connectivity index is 0.000000213. The maximum atomic E-state index is 14.5. The molecule has 0 aromatic heterocycles. The molecule has 0 saturated carbocycles.